The zero-order chi connectivity index (χ0) is 20.3. The van der Waals surface area contributed by atoms with Gasteiger partial charge in [-0.1, -0.05) is 18.6 Å². The Bertz CT molecular complexity index is 1070. The van der Waals surface area contributed by atoms with Gasteiger partial charge in [0, 0.05) is 25.4 Å². The summed E-state index contributed by atoms with van der Waals surface area (Å²) in [7, 11) is -2.03. The van der Waals surface area contributed by atoms with Crippen molar-refractivity contribution in [1.82, 2.24) is 14.3 Å². The molecule has 3 heterocycles. The zero-order valence-electron chi connectivity index (χ0n) is 16.2. The molecule has 2 aromatic heterocycles. The Morgan fingerprint density at radius 3 is 2.90 bits per heavy atom. The highest BCUT2D eigenvalue weighted by Crippen LogP contribution is 2.35. The number of hydrogen-bond donors (Lipinski definition) is 0. The largest absolute Gasteiger partial charge is 0.497 e. The van der Waals surface area contributed by atoms with Crippen LogP contribution in [0.4, 0.5) is 0 Å². The van der Waals surface area contributed by atoms with E-state index in [0.717, 1.165) is 24.2 Å². The molecule has 7 nitrogen and oxygen atoms in total. The molecule has 3 aromatic rings. The summed E-state index contributed by atoms with van der Waals surface area (Å²) in [4.78, 5) is 8.56. The molecule has 1 atom stereocenters. The average Bonchev–Trinajstić information content (AvgIpc) is 3.23. The van der Waals surface area contributed by atoms with E-state index in [2.05, 4.69) is 9.97 Å². The van der Waals surface area contributed by atoms with E-state index in [4.69, 9.17) is 9.15 Å². The van der Waals surface area contributed by atoms with Crippen LogP contribution < -0.4 is 4.74 Å². The van der Waals surface area contributed by atoms with E-state index in [0.29, 0.717) is 31.0 Å². The third-order valence-electron chi connectivity index (χ3n) is 5.06. The van der Waals surface area contributed by atoms with Gasteiger partial charge in [0.2, 0.25) is 15.9 Å². The molecule has 0 radical (unpaired) electrons. The van der Waals surface area contributed by atoms with Crippen LogP contribution in [0.3, 0.4) is 0 Å². The van der Waals surface area contributed by atoms with Gasteiger partial charge >= 0.3 is 0 Å². The summed E-state index contributed by atoms with van der Waals surface area (Å²) in [5.74, 6) is 1.91. The number of pyridine rings is 1. The maximum atomic E-state index is 13.1. The number of sulfonamides is 1. The molecule has 1 aliphatic rings. The second-order valence-electron chi connectivity index (χ2n) is 7.01. The maximum Gasteiger partial charge on any atom is 0.245 e. The van der Waals surface area contributed by atoms with Crippen LogP contribution in [0.5, 0.6) is 5.75 Å². The first-order valence-electron chi connectivity index (χ1n) is 9.57. The van der Waals surface area contributed by atoms with Crippen molar-refractivity contribution >= 4 is 10.0 Å². The fourth-order valence-corrected chi connectivity index (χ4v) is 5.23. The van der Waals surface area contributed by atoms with Gasteiger partial charge in [-0.05, 0) is 42.7 Å². The highest BCUT2D eigenvalue weighted by atomic mass is 32.2. The molecule has 0 bridgehead atoms. The number of aromatic nitrogens is 2. The van der Waals surface area contributed by atoms with E-state index in [9.17, 15) is 8.42 Å². The Morgan fingerprint density at radius 1 is 1.21 bits per heavy atom. The van der Waals surface area contributed by atoms with Gasteiger partial charge in [0.15, 0.2) is 0 Å². The van der Waals surface area contributed by atoms with Gasteiger partial charge in [-0.3, -0.25) is 4.98 Å². The lowest BCUT2D eigenvalue weighted by molar-refractivity contribution is 0.216. The summed E-state index contributed by atoms with van der Waals surface area (Å²) in [5, 5.41) is 0. The molecule has 1 unspecified atom stereocenters. The third-order valence-corrected chi connectivity index (χ3v) is 6.96. The minimum Gasteiger partial charge on any atom is -0.497 e. The van der Waals surface area contributed by atoms with Crippen LogP contribution in [-0.2, 0) is 16.4 Å². The summed E-state index contributed by atoms with van der Waals surface area (Å²) >= 11 is 0. The molecule has 0 N–H and O–H groups in total. The fraction of sp³-hybridized carbons (Fsp3) is 0.333. The Morgan fingerprint density at radius 2 is 2.10 bits per heavy atom. The van der Waals surface area contributed by atoms with Crippen molar-refractivity contribution in [3.8, 4) is 5.75 Å². The van der Waals surface area contributed by atoms with E-state index in [1.807, 2.05) is 24.3 Å². The van der Waals surface area contributed by atoms with Crippen molar-refractivity contribution in [3.63, 3.8) is 0 Å². The third kappa shape index (κ3) is 4.18. The molecule has 0 saturated carbocycles. The standard InChI is InChI=1S/C21H23N3O4S/c1-27-17-7-4-6-16(12-17)13-18-14-23-21(28-18)20-9-2-3-11-24(20)29(25,26)19-8-5-10-22-15-19/h4-8,10,12,14-15,20H,2-3,9,11,13H2,1H3. The van der Waals surface area contributed by atoms with Crippen molar-refractivity contribution in [1.29, 1.82) is 0 Å². The number of piperidine rings is 1. The van der Waals surface area contributed by atoms with Crippen LogP contribution in [0.2, 0.25) is 0 Å². The normalized spacial score (nSPS) is 17.9. The quantitative estimate of drug-likeness (QED) is 0.614. The molecule has 0 aliphatic carbocycles. The number of hydrogen-bond acceptors (Lipinski definition) is 6. The molecule has 0 spiro atoms. The Balaban J connectivity index is 1.58. The molecular formula is C21H23N3O4S. The van der Waals surface area contributed by atoms with Gasteiger partial charge < -0.3 is 9.15 Å². The van der Waals surface area contributed by atoms with E-state index in [-0.39, 0.29) is 4.90 Å². The molecule has 1 aromatic carbocycles. The Kier molecular flexibility index (Phi) is 5.64. The van der Waals surface area contributed by atoms with Crippen LogP contribution in [0.25, 0.3) is 0 Å². The van der Waals surface area contributed by atoms with E-state index < -0.39 is 16.1 Å². The van der Waals surface area contributed by atoms with E-state index in [1.54, 1.807) is 31.6 Å². The zero-order valence-corrected chi connectivity index (χ0v) is 17.0. The summed E-state index contributed by atoms with van der Waals surface area (Å²) in [5.41, 5.74) is 1.04. The molecule has 0 amide bonds. The Hall–Kier alpha value is -2.71. The second-order valence-corrected chi connectivity index (χ2v) is 8.90. The van der Waals surface area contributed by atoms with Gasteiger partial charge in [-0.15, -0.1) is 0 Å². The van der Waals surface area contributed by atoms with Gasteiger partial charge in [-0.25, -0.2) is 13.4 Å². The summed E-state index contributed by atoms with van der Waals surface area (Å²) in [6, 6.07) is 10.5. The van der Waals surface area contributed by atoms with Crippen molar-refractivity contribution in [2.45, 2.75) is 36.6 Å². The average molecular weight is 413 g/mol. The summed E-state index contributed by atoms with van der Waals surface area (Å²) in [6.07, 6.45) is 7.60. The first kappa shape index (κ1) is 19.6. The summed E-state index contributed by atoms with van der Waals surface area (Å²) in [6.45, 7) is 0.440. The van der Waals surface area contributed by atoms with E-state index in [1.165, 1.54) is 10.5 Å². The maximum absolute atomic E-state index is 13.1. The van der Waals surface area contributed by atoms with Crippen molar-refractivity contribution < 1.29 is 17.6 Å². The van der Waals surface area contributed by atoms with Crippen LogP contribution in [0, 0.1) is 0 Å². The molecule has 1 aliphatic heterocycles. The number of nitrogens with zero attached hydrogens (tertiary/aromatic N) is 3. The minimum absolute atomic E-state index is 0.190. The van der Waals surface area contributed by atoms with Crippen LogP contribution in [0.1, 0.15) is 42.5 Å². The lowest BCUT2D eigenvalue weighted by Crippen LogP contribution is -2.38. The Labute approximate surface area is 170 Å². The molecule has 1 saturated heterocycles. The van der Waals surface area contributed by atoms with Crippen LogP contribution in [-0.4, -0.2) is 36.3 Å². The first-order chi connectivity index (χ1) is 14.1. The van der Waals surface area contributed by atoms with Crippen LogP contribution in [0.15, 0.2) is 64.3 Å². The van der Waals surface area contributed by atoms with Crippen molar-refractivity contribution in [2.75, 3.05) is 13.7 Å². The first-order valence-corrected chi connectivity index (χ1v) is 11.0. The van der Waals surface area contributed by atoms with Crippen molar-refractivity contribution in [2.24, 2.45) is 0 Å². The van der Waals surface area contributed by atoms with Crippen LogP contribution >= 0.6 is 0 Å². The predicted octanol–water partition coefficient (Wildman–Crippen LogP) is 3.58. The molecule has 1 fully saturated rings. The monoisotopic (exact) mass is 413 g/mol. The number of ether oxygens (including phenoxy) is 1. The number of rotatable bonds is 6. The molecule has 152 valence electrons. The molecule has 29 heavy (non-hydrogen) atoms. The fourth-order valence-electron chi connectivity index (χ4n) is 3.62. The summed E-state index contributed by atoms with van der Waals surface area (Å²) < 4.78 is 39.0. The van der Waals surface area contributed by atoms with Gasteiger partial charge in [-0.2, -0.15) is 4.31 Å². The van der Waals surface area contributed by atoms with Crippen molar-refractivity contribution in [3.05, 3.63) is 72.2 Å². The number of oxazole rings is 1. The highest BCUT2D eigenvalue weighted by Gasteiger charge is 2.37. The predicted molar refractivity (Wildman–Crippen MR) is 107 cm³/mol. The van der Waals surface area contributed by atoms with Gasteiger partial charge in [0.25, 0.3) is 0 Å². The minimum atomic E-state index is -3.66. The second kappa shape index (κ2) is 8.34. The lowest BCUT2D eigenvalue weighted by Gasteiger charge is -2.32. The topological polar surface area (TPSA) is 85.5 Å². The van der Waals surface area contributed by atoms with E-state index >= 15 is 0 Å². The van der Waals surface area contributed by atoms with Gasteiger partial charge in [0.1, 0.15) is 22.4 Å². The SMILES string of the molecule is COc1cccc(Cc2cnc(C3CCCCN3S(=O)(=O)c3cccnc3)o2)c1. The molecule has 4 rings (SSSR count). The highest BCUT2D eigenvalue weighted by molar-refractivity contribution is 7.89. The lowest BCUT2D eigenvalue weighted by atomic mass is 10.1. The molecular weight excluding hydrogens is 390 g/mol. The smallest absolute Gasteiger partial charge is 0.245 e. The van der Waals surface area contributed by atoms with Gasteiger partial charge in [0.05, 0.1) is 13.3 Å². The number of benzene rings is 1. The number of methoxy groups -OCH3 is 1. The molecule has 8 heteroatoms.